The van der Waals surface area contributed by atoms with Crippen molar-refractivity contribution in [3.63, 3.8) is 0 Å². The van der Waals surface area contributed by atoms with Crippen LogP contribution in [0.15, 0.2) is 12.2 Å². The van der Waals surface area contributed by atoms with Crippen molar-refractivity contribution in [1.29, 1.82) is 0 Å². The second-order valence-corrected chi connectivity index (χ2v) is 21.1. The molecule has 0 saturated heterocycles. The van der Waals surface area contributed by atoms with Crippen molar-refractivity contribution in [2.24, 2.45) is 0 Å². The van der Waals surface area contributed by atoms with Crippen LogP contribution in [0, 0.1) is 0 Å². The van der Waals surface area contributed by atoms with E-state index in [0.717, 1.165) is 38.5 Å². The van der Waals surface area contributed by atoms with Crippen molar-refractivity contribution in [1.82, 2.24) is 5.32 Å². The Morgan fingerprint density at radius 3 is 1.28 bits per heavy atom. The number of carbonyl (C=O) groups is 1. The Hall–Kier alpha value is -0.760. The van der Waals surface area contributed by atoms with Crippen LogP contribution in [0.4, 0.5) is 0 Å². The van der Waals surface area contributed by atoms with E-state index >= 15 is 0 Å². The van der Waals surface area contributed by atoms with E-state index in [2.05, 4.69) is 31.3 Å². The summed E-state index contributed by atoms with van der Waals surface area (Å²) in [5.74, 6) is -0.146. The van der Waals surface area contributed by atoms with Gasteiger partial charge in [-0.25, -0.2) is 4.57 Å². The number of quaternary nitrogens is 1. The monoisotopic (exact) mass is 886 g/mol. The van der Waals surface area contributed by atoms with Gasteiger partial charge in [0.05, 0.1) is 39.9 Å². The smallest absolute Gasteiger partial charge is 0.391 e. The molecule has 1 amide bonds. The van der Waals surface area contributed by atoms with E-state index in [1.54, 1.807) is 0 Å². The van der Waals surface area contributed by atoms with Gasteiger partial charge in [-0.3, -0.25) is 13.8 Å². The highest BCUT2D eigenvalue weighted by molar-refractivity contribution is 7.47. The lowest BCUT2D eigenvalue weighted by Gasteiger charge is -2.26. The van der Waals surface area contributed by atoms with Crippen molar-refractivity contribution in [2.45, 2.75) is 276 Å². The molecule has 3 atom stereocenters. The van der Waals surface area contributed by atoms with Crippen molar-refractivity contribution in [3.05, 3.63) is 12.2 Å². The van der Waals surface area contributed by atoms with Crippen LogP contribution in [0.3, 0.4) is 0 Å². The molecule has 364 valence electrons. The molecule has 0 fully saturated rings. The predicted molar refractivity (Wildman–Crippen MR) is 263 cm³/mol. The summed E-state index contributed by atoms with van der Waals surface area (Å²) in [6, 6.07) is -0.759. The molecule has 3 N–H and O–H groups in total. The first kappa shape index (κ1) is 60.2. The first-order chi connectivity index (χ1) is 29.5. The number of aliphatic hydroxyl groups is 1. The molecule has 0 aromatic heterocycles. The third-order valence-electron chi connectivity index (χ3n) is 12.3. The van der Waals surface area contributed by atoms with Gasteiger partial charge in [0, 0.05) is 6.42 Å². The minimum Gasteiger partial charge on any atom is -0.391 e. The first-order valence-electron chi connectivity index (χ1n) is 26.6. The lowest BCUT2D eigenvalue weighted by Crippen LogP contribution is -2.46. The van der Waals surface area contributed by atoms with E-state index in [0.29, 0.717) is 23.9 Å². The van der Waals surface area contributed by atoms with E-state index in [1.807, 2.05) is 21.1 Å². The molecule has 0 saturated carbocycles. The van der Waals surface area contributed by atoms with Gasteiger partial charge in [0.25, 0.3) is 0 Å². The zero-order valence-corrected chi connectivity index (χ0v) is 42.3. The Labute approximate surface area is 380 Å². The molecule has 0 bridgehead atoms. The van der Waals surface area contributed by atoms with E-state index in [-0.39, 0.29) is 19.1 Å². The first-order valence-corrected chi connectivity index (χ1v) is 28.0. The molecule has 61 heavy (non-hydrogen) atoms. The predicted octanol–water partition coefficient (Wildman–Crippen LogP) is 15.5. The molecule has 0 heterocycles. The summed E-state index contributed by atoms with van der Waals surface area (Å²) in [4.78, 5) is 23.2. The van der Waals surface area contributed by atoms with Crippen LogP contribution >= 0.6 is 7.82 Å². The number of amides is 1. The highest BCUT2D eigenvalue weighted by Crippen LogP contribution is 2.43. The van der Waals surface area contributed by atoms with Gasteiger partial charge in [-0.1, -0.05) is 231 Å². The van der Waals surface area contributed by atoms with Crippen LogP contribution in [0.1, 0.15) is 264 Å². The maximum Gasteiger partial charge on any atom is 0.472 e. The Balaban J connectivity index is 4.17. The molecule has 0 aromatic carbocycles. The topological polar surface area (TPSA) is 105 Å². The standard InChI is InChI=1S/C52H105N2O6P/c1-6-8-10-12-14-16-18-20-22-23-24-25-26-27-28-29-30-32-33-35-37-39-41-43-45-51(55)50(49-60-61(57,58)59-48-47-54(3,4)5)53-52(56)46-44-42-40-38-36-34-31-21-19-17-15-13-11-9-7-2/h17,19,50-51,55H,6-16,18,20-49H2,1-5H3,(H-,53,56,57,58)/p+1/b19-17-. The van der Waals surface area contributed by atoms with Crippen LogP contribution in [-0.2, 0) is 18.4 Å². The fourth-order valence-electron chi connectivity index (χ4n) is 8.04. The minimum atomic E-state index is -4.32. The van der Waals surface area contributed by atoms with Gasteiger partial charge in [-0.05, 0) is 38.5 Å². The molecule has 0 aliphatic heterocycles. The van der Waals surface area contributed by atoms with Crippen molar-refractivity contribution >= 4 is 13.7 Å². The Kier molecular flexibility index (Phi) is 43.9. The molecule has 9 heteroatoms. The zero-order valence-electron chi connectivity index (χ0n) is 41.4. The van der Waals surface area contributed by atoms with Gasteiger partial charge in [0.15, 0.2) is 0 Å². The van der Waals surface area contributed by atoms with Crippen LogP contribution in [0.2, 0.25) is 0 Å². The lowest BCUT2D eigenvalue weighted by atomic mass is 10.0. The fraction of sp³-hybridized carbons (Fsp3) is 0.942. The van der Waals surface area contributed by atoms with E-state index < -0.39 is 20.0 Å². The maximum atomic E-state index is 12.9. The molecule has 8 nitrogen and oxygen atoms in total. The summed E-state index contributed by atoms with van der Waals surface area (Å²) in [6.45, 7) is 4.90. The largest absolute Gasteiger partial charge is 0.472 e. The molecule has 0 spiro atoms. The molecule has 0 radical (unpaired) electrons. The third kappa shape index (κ3) is 47.0. The van der Waals surface area contributed by atoms with Gasteiger partial charge in [-0.15, -0.1) is 0 Å². The van der Waals surface area contributed by atoms with Gasteiger partial charge < -0.3 is 19.8 Å². The minimum absolute atomic E-state index is 0.0760. The highest BCUT2D eigenvalue weighted by atomic mass is 31.2. The number of nitrogens with one attached hydrogen (secondary N) is 1. The van der Waals surface area contributed by atoms with E-state index in [4.69, 9.17) is 9.05 Å². The molecule has 0 rings (SSSR count). The Morgan fingerprint density at radius 2 is 0.885 bits per heavy atom. The number of phosphoric ester groups is 1. The van der Waals surface area contributed by atoms with Crippen LogP contribution in [0.25, 0.3) is 0 Å². The van der Waals surface area contributed by atoms with Crippen molar-refractivity contribution in [2.75, 3.05) is 40.9 Å². The number of hydrogen-bond acceptors (Lipinski definition) is 5. The molecule has 0 aliphatic carbocycles. The third-order valence-corrected chi connectivity index (χ3v) is 13.2. The van der Waals surface area contributed by atoms with Crippen molar-refractivity contribution < 1.29 is 32.9 Å². The van der Waals surface area contributed by atoms with Gasteiger partial charge in [0.1, 0.15) is 13.2 Å². The fourth-order valence-corrected chi connectivity index (χ4v) is 8.78. The van der Waals surface area contributed by atoms with Gasteiger partial charge in [-0.2, -0.15) is 0 Å². The highest BCUT2D eigenvalue weighted by Gasteiger charge is 2.28. The molecular formula is C52H106N2O6P+. The van der Waals surface area contributed by atoms with Crippen LogP contribution in [-0.4, -0.2) is 73.4 Å². The van der Waals surface area contributed by atoms with Crippen LogP contribution in [0.5, 0.6) is 0 Å². The lowest BCUT2D eigenvalue weighted by molar-refractivity contribution is -0.870. The van der Waals surface area contributed by atoms with E-state index in [1.165, 1.54) is 199 Å². The average molecular weight is 886 g/mol. The van der Waals surface area contributed by atoms with Gasteiger partial charge >= 0.3 is 7.82 Å². The average Bonchev–Trinajstić information content (AvgIpc) is 3.21. The number of unbranched alkanes of at least 4 members (excludes halogenated alkanes) is 34. The summed E-state index contributed by atoms with van der Waals surface area (Å²) in [7, 11) is 1.62. The number of likely N-dealkylation sites (N-methyl/N-ethyl adjacent to an activating group) is 1. The van der Waals surface area contributed by atoms with Crippen LogP contribution < -0.4 is 5.32 Å². The Morgan fingerprint density at radius 1 is 0.541 bits per heavy atom. The molecular weight excluding hydrogens is 780 g/mol. The van der Waals surface area contributed by atoms with Crippen molar-refractivity contribution in [3.8, 4) is 0 Å². The normalized spacial score (nSPS) is 14.1. The summed E-state index contributed by atoms with van der Waals surface area (Å²) in [5, 5.41) is 14.0. The summed E-state index contributed by atoms with van der Waals surface area (Å²) < 4.78 is 23.7. The second-order valence-electron chi connectivity index (χ2n) is 19.6. The Bertz CT molecular complexity index is 1000. The number of carbonyl (C=O) groups excluding carboxylic acids is 1. The SMILES string of the molecule is CCCCCC/C=C\CCCCCCCCCC(=O)NC(COP(=O)(O)OCC[N+](C)(C)C)C(O)CCCCCCCCCCCCCCCCCCCCCCCCCC. The quantitative estimate of drug-likeness (QED) is 0.0243. The maximum absolute atomic E-state index is 12.9. The second kappa shape index (κ2) is 44.4. The summed E-state index contributed by atoms with van der Waals surface area (Å²) >= 11 is 0. The van der Waals surface area contributed by atoms with E-state index in [9.17, 15) is 19.4 Å². The summed E-state index contributed by atoms with van der Waals surface area (Å²) in [6.07, 6.45) is 52.5. The number of rotatable bonds is 49. The molecule has 0 aromatic rings. The number of allylic oxidation sites excluding steroid dienone is 2. The van der Waals surface area contributed by atoms with Gasteiger partial charge in [0.2, 0.25) is 5.91 Å². The number of aliphatic hydroxyl groups excluding tert-OH is 1. The molecule has 0 aliphatic rings. The number of nitrogens with zero attached hydrogens (tertiary/aromatic N) is 1. The zero-order chi connectivity index (χ0) is 45.0. The number of hydrogen-bond donors (Lipinski definition) is 3. The summed E-state index contributed by atoms with van der Waals surface area (Å²) in [5.41, 5.74) is 0. The number of phosphoric acid groups is 1. The molecule has 3 unspecified atom stereocenters.